The fourth-order valence-electron chi connectivity index (χ4n) is 3.72. The Morgan fingerprint density at radius 1 is 0.618 bits per heavy atom. The summed E-state index contributed by atoms with van der Waals surface area (Å²) in [6, 6.07) is 10.5. The lowest BCUT2D eigenvalue weighted by molar-refractivity contribution is 0.511. The summed E-state index contributed by atoms with van der Waals surface area (Å²) in [5.41, 5.74) is -0.570. The van der Waals surface area contributed by atoms with Crippen molar-refractivity contribution < 1.29 is 26.3 Å². The zero-order valence-corrected chi connectivity index (χ0v) is 18.1. The van der Waals surface area contributed by atoms with Gasteiger partial charge >= 0.3 is 0 Å². The minimum absolute atomic E-state index is 0.277. The van der Waals surface area contributed by atoms with Crippen LogP contribution in [0.1, 0.15) is 36.5 Å². The van der Waals surface area contributed by atoms with Crippen molar-refractivity contribution in [1.82, 2.24) is 0 Å². The van der Waals surface area contributed by atoms with E-state index >= 15 is 0 Å². The SMILES string of the molecule is CCCCc1cc(F)c(-c2cc(F)c(C#Cc3ccc4cc(F)c(F)cc4c3)c(F)c2)c(F)c1. The van der Waals surface area contributed by atoms with Gasteiger partial charge in [0.25, 0.3) is 0 Å². The Bertz CT molecular complexity index is 1410. The maximum atomic E-state index is 14.7. The van der Waals surface area contributed by atoms with E-state index in [1.807, 2.05) is 6.92 Å². The van der Waals surface area contributed by atoms with E-state index < -0.39 is 46.0 Å². The summed E-state index contributed by atoms with van der Waals surface area (Å²) >= 11 is 0. The fraction of sp³-hybridized carbons (Fsp3) is 0.143. The average Bonchev–Trinajstić information content (AvgIpc) is 2.77. The van der Waals surface area contributed by atoms with E-state index in [1.54, 1.807) is 0 Å². The summed E-state index contributed by atoms with van der Waals surface area (Å²) in [6.45, 7) is 1.96. The number of aryl methyl sites for hydroxylation is 1. The Morgan fingerprint density at radius 2 is 1.24 bits per heavy atom. The summed E-state index contributed by atoms with van der Waals surface area (Å²) in [5, 5.41) is 0.811. The predicted molar refractivity (Wildman–Crippen MR) is 120 cm³/mol. The summed E-state index contributed by atoms with van der Waals surface area (Å²) in [7, 11) is 0. The van der Waals surface area contributed by atoms with Gasteiger partial charge in [-0.1, -0.05) is 31.3 Å². The first-order chi connectivity index (χ1) is 16.3. The molecule has 0 N–H and O–H groups in total. The van der Waals surface area contributed by atoms with Crippen LogP contribution in [0.15, 0.2) is 54.6 Å². The summed E-state index contributed by atoms with van der Waals surface area (Å²) < 4.78 is 85.3. The third kappa shape index (κ3) is 4.79. The van der Waals surface area contributed by atoms with Crippen molar-refractivity contribution >= 4 is 10.8 Å². The number of unbranched alkanes of at least 4 members (excludes halogenated alkanes) is 1. The van der Waals surface area contributed by atoms with Crippen LogP contribution < -0.4 is 0 Å². The van der Waals surface area contributed by atoms with Crippen LogP contribution in [0, 0.1) is 46.7 Å². The number of rotatable bonds is 4. The van der Waals surface area contributed by atoms with Gasteiger partial charge in [0.1, 0.15) is 23.3 Å². The second kappa shape index (κ2) is 9.64. The molecule has 0 radical (unpaired) electrons. The zero-order chi connectivity index (χ0) is 24.4. The highest BCUT2D eigenvalue weighted by atomic mass is 19.2. The maximum absolute atomic E-state index is 14.7. The van der Waals surface area contributed by atoms with Crippen molar-refractivity contribution in [2.24, 2.45) is 0 Å². The van der Waals surface area contributed by atoms with E-state index in [2.05, 4.69) is 11.8 Å². The third-order valence-corrected chi connectivity index (χ3v) is 5.46. The molecule has 0 saturated carbocycles. The van der Waals surface area contributed by atoms with Crippen molar-refractivity contribution in [1.29, 1.82) is 0 Å². The molecule has 4 aromatic carbocycles. The smallest absolute Gasteiger partial charge is 0.159 e. The lowest BCUT2D eigenvalue weighted by Gasteiger charge is -2.10. The van der Waals surface area contributed by atoms with Crippen molar-refractivity contribution in [3.63, 3.8) is 0 Å². The molecule has 0 spiro atoms. The molecule has 0 aromatic heterocycles. The van der Waals surface area contributed by atoms with Crippen molar-refractivity contribution in [2.45, 2.75) is 26.2 Å². The number of benzene rings is 4. The number of fused-ring (bicyclic) bond motifs is 1. The zero-order valence-electron chi connectivity index (χ0n) is 18.1. The first-order valence-electron chi connectivity index (χ1n) is 10.6. The van der Waals surface area contributed by atoms with Gasteiger partial charge in [-0.25, -0.2) is 26.3 Å². The minimum atomic E-state index is -1.08. The highest BCUT2D eigenvalue weighted by Gasteiger charge is 2.18. The summed E-state index contributed by atoms with van der Waals surface area (Å²) in [4.78, 5) is 0. The van der Waals surface area contributed by atoms with Crippen molar-refractivity contribution in [3.05, 3.63) is 106 Å². The average molecular weight is 468 g/mol. The molecule has 0 aliphatic carbocycles. The van der Waals surface area contributed by atoms with E-state index in [0.29, 0.717) is 28.3 Å². The highest BCUT2D eigenvalue weighted by molar-refractivity contribution is 5.84. The molecule has 0 atom stereocenters. The van der Waals surface area contributed by atoms with Gasteiger partial charge in [0.15, 0.2) is 11.6 Å². The molecule has 0 bridgehead atoms. The third-order valence-electron chi connectivity index (χ3n) is 5.46. The molecule has 172 valence electrons. The first kappa shape index (κ1) is 23.4. The Labute approximate surface area is 192 Å². The van der Waals surface area contributed by atoms with Gasteiger partial charge in [-0.05, 0) is 83.3 Å². The van der Waals surface area contributed by atoms with Crippen molar-refractivity contribution in [2.75, 3.05) is 0 Å². The largest absolute Gasteiger partial charge is 0.206 e. The van der Waals surface area contributed by atoms with E-state index in [4.69, 9.17) is 0 Å². The molecule has 0 saturated heterocycles. The minimum Gasteiger partial charge on any atom is -0.206 e. The van der Waals surface area contributed by atoms with Gasteiger partial charge in [0.2, 0.25) is 0 Å². The monoisotopic (exact) mass is 468 g/mol. The topological polar surface area (TPSA) is 0 Å². The Hall–Kier alpha value is -3.72. The van der Waals surface area contributed by atoms with Gasteiger partial charge in [-0.15, -0.1) is 0 Å². The molecule has 0 aliphatic heterocycles. The van der Waals surface area contributed by atoms with Crippen LogP contribution in [0.25, 0.3) is 21.9 Å². The second-order valence-electron chi connectivity index (χ2n) is 7.93. The van der Waals surface area contributed by atoms with E-state index in [9.17, 15) is 26.3 Å². The second-order valence-corrected chi connectivity index (χ2v) is 7.93. The molecule has 4 aromatic rings. The predicted octanol–water partition coefficient (Wildman–Crippen LogP) is 8.08. The molecule has 0 unspecified atom stereocenters. The van der Waals surface area contributed by atoms with Crippen molar-refractivity contribution in [3.8, 4) is 23.0 Å². The van der Waals surface area contributed by atoms with Gasteiger partial charge in [0, 0.05) is 5.56 Å². The molecular weight excluding hydrogens is 450 g/mol. The Morgan fingerprint density at radius 3 is 1.85 bits per heavy atom. The van der Waals surface area contributed by atoms with Gasteiger partial charge in [-0.3, -0.25) is 0 Å². The fourth-order valence-corrected chi connectivity index (χ4v) is 3.72. The van der Waals surface area contributed by atoms with Crippen LogP contribution in [0.2, 0.25) is 0 Å². The Kier molecular flexibility index (Phi) is 6.65. The van der Waals surface area contributed by atoms with E-state index in [0.717, 1.165) is 37.1 Å². The Balaban J connectivity index is 1.68. The maximum Gasteiger partial charge on any atom is 0.159 e. The summed E-state index contributed by atoms with van der Waals surface area (Å²) in [5.74, 6) is -1.01. The lowest BCUT2D eigenvalue weighted by Crippen LogP contribution is -1.98. The molecule has 0 fully saturated rings. The van der Waals surface area contributed by atoms with Crippen LogP contribution in [-0.2, 0) is 6.42 Å². The van der Waals surface area contributed by atoms with Gasteiger partial charge in [-0.2, -0.15) is 0 Å². The first-order valence-corrected chi connectivity index (χ1v) is 10.6. The van der Waals surface area contributed by atoms with Crippen LogP contribution in [0.4, 0.5) is 26.3 Å². The van der Waals surface area contributed by atoms with Crippen LogP contribution in [-0.4, -0.2) is 0 Å². The molecule has 6 heteroatoms. The van der Waals surface area contributed by atoms with E-state index in [-0.39, 0.29) is 5.56 Å². The summed E-state index contributed by atoms with van der Waals surface area (Å²) in [6.07, 6.45) is 2.12. The van der Waals surface area contributed by atoms with Gasteiger partial charge in [0.05, 0.1) is 11.1 Å². The molecule has 34 heavy (non-hydrogen) atoms. The standard InChI is InChI=1S/C28H18F6/c1-2-3-4-17-10-26(33)28(27(34)11-17)20-14-22(29)21(23(30)15-20)8-6-16-5-7-18-12-24(31)25(32)13-19(18)9-16/h5,7,9-15H,2-4H2,1H3. The lowest BCUT2D eigenvalue weighted by atomic mass is 9.98. The van der Waals surface area contributed by atoms with Crippen LogP contribution in [0.3, 0.4) is 0 Å². The molecule has 0 heterocycles. The molecule has 0 aliphatic rings. The normalized spacial score (nSPS) is 10.9. The quantitative estimate of drug-likeness (QED) is 0.210. The molecule has 4 rings (SSSR count). The number of hydrogen-bond acceptors (Lipinski definition) is 0. The van der Waals surface area contributed by atoms with Crippen LogP contribution in [0.5, 0.6) is 0 Å². The number of hydrogen-bond donors (Lipinski definition) is 0. The van der Waals surface area contributed by atoms with E-state index in [1.165, 1.54) is 30.3 Å². The molecule has 0 nitrogen and oxygen atoms in total. The van der Waals surface area contributed by atoms with Crippen LogP contribution >= 0.6 is 0 Å². The molecule has 0 amide bonds. The highest BCUT2D eigenvalue weighted by Crippen LogP contribution is 2.30. The number of halogens is 6. The van der Waals surface area contributed by atoms with Gasteiger partial charge < -0.3 is 0 Å². The molecular formula is C28H18F6.